The van der Waals surface area contributed by atoms with Crippen LogP contribution in [-0.2, 0) is 11.2 Å². The fourth-order valence-corrected chi connectivity index (χ4v) is 4.86. The number of benzene rings is 1. The second-order valence-corrected chi connectivity index (χ2v) is 8.94. The molecule has 2 aliphatic rings. The Bertz CT molecular complexity index is 1310. The molecule has 7 nitrogen and oxygen atoms in total. The molecule has 1 saturated heterocycles. The Morgan fingerprint density at radius 3 is 2.55 bits per heavy atom. The molecule has 6 rings (SSSR count). The first-order valence-electron chi connectivity index (χ1n) is 11.7. The van der Waals surface area contributed by atoms with Gasteiger partial charge < -0.3 is 14.5 Å². The van der Waals surface area contributed by atoms with Crippen molar-refractivity contribution in [3.8, 4) is 11.1 Å². The zero-order valence-corrected chi connectivity index (χ0v) is 19.2. The van der Waals surface area contributed by atoms with E-state index in [1.807, 2.05) is 12.4 Å². The van der Waals surface area contributed by atoms with Gasteiger partial charge >= 0.3 is 0 Å². The minimum Gasteiger partial charge on any atom is -0.378 e. The van der Waals surface area contributed by atoms with Crippen molar-refractivity contribution in [1.29, 1.82) is 0 Å². The summed E-state index contributed by atoms with van der Waals surface area (Å²) in [6.07, 6.45) is 8.13. The standard InChI is InChI=1S/C26H28N6O/c1-18-5-6-19(2)23(14-18)31-9-3-4-22-25(31)32-17-20(7-8-24(32)29-22)21-15-27-26(28-16-21)30-10-12-33-13-11-30/h5-8,14-17H,3-4,9-13H2,1-2H3. The maximum absolute atomic E-state index is 5.44. The van der Waals surface area contributed by atoms with Crippen LogP contribution in [0.2, 0.25) is 0 Å². The van der Waals surface area contributed by atoms with E-state index in [2.05, 4.69) is 74.5 Å². The van der Waals surface area contributed by atoms with E-state index < -0.39 is 0 Å². The average Bonchev–Trinajstić information content (AvgIpc) is 3.24. The third-order valence-corrected chi connectivity index (χ3v) is 6.63. The second-order valence-electron chi connectivity index (χ2n) is 8.94. The van der Waals surface area contributed by atoms with Crippen molar-refractivity contribution in [2.24, 2.45) is 0 Å². The number of fused-ring (bicyclic) bond motifs is 3. The third-order valence-electron chi connectivity index (χ3n) is 6.63. The van der Waals surface area contributed by atoms with E-state index in [0.29, 0.717) is 0 Å². The van der Waals surface area contributed by atoms with E-state index in [9.17, 15) is 0 Å². The van der Waals surface area contributed by atoms with E-state index in [0.717, 1.165) is 68.4 Å². The van der Waals surface area contributed by atoms with Crippen molar-refractivity contribution < 1.29 is 4.74 Å². The number of pyridine rings is 1. The molecule has 0 amide bonds. The number of morpholine rings is 1. The zero-order valence-electron chi connectivity index (χ0n) is 19.2. The molecule has 2 aliphatic heterocycles. The van der Waals surface area contributed by atoms with Crippen LogP contribution in [0.3, 0.4) is 0 Å². The lowest BCUT2D eigenvalue weighted by atomic mass is 10.1. The Hall–Kier alpha value is -3.45. The minimum atomic E-state index is 0.727. The number of aromatic nitrogens is 4. The molecule has 0 N–H and O–H groups in total. The van der Waals surface area contributed by atoms with Gasteiger partial charge in [0.25, 0.3) is 0 Å². The van der Waals surface area contributed by atoms with Crippen LogP contribution in [0.5, 0.6) is 0 Å². The van der Waals surface area contributed by atoms with Crippen molar-refractivity contribution in [3.05, 3.63) is 65.7 Å². The molecule has 0 spiro atoms. The maximum atomic E-state index is 5.44. The maximum Gasteiger partial charge on any atom is 0.225 e. The molecule has 0 radical (unpaired) electrons. The molecule has 3 aromatic heterocycles. The summed E-state index contributed by atoms with van der Waals surface area (Å²) in [4.78, 5) is 18.9. The summed E-state index contributed by atoms with van der Waals surface area (Å²) in [5.41, 5.74) is 8.06. The number of hydrogen-bond donors (Lipinski definition) is 0. The molecule has 0 atom stereocenters. The summed E-state index contributed by atoms with van der Waals surface area (Å²) in [6, 6.07) is 10.9. The Kier molecular flexibility index (Phi) is 4.99. The molecule has 1 fully saturated rings. The molecule has 33 heavy (non-hydrogen) atoms. The van der Waals surface area contributed by atoms with Crippen molar-refractivity contribution in [2.45, 2.75) is 26.7 Å². The van der Waals surface area contributed by atoms with Crippen molar-refractivity contribution in [2.75, 3.05) is 42.6 Å². The molecule has 7 heteroatoms. The lowest BCUT2D eigenvalue weighted by Crippen LogP contribution is -2.37. The number of ether oxygens (including phenoxy) is 1. The monoisotopic (exact) mass is 440 g/mol. The lowest BCUT2D eigenvalue weighted by molar-refractivity contribution is 0.122. The van der Waals surface area contributed by atoms with Crippen LogP contribution in [0.1, 0.15) is 23.2 Å². The van der Waals surface area contributed by atoms with Crippen molar-refractivity contribution in [3.63, 3.8) is 0 Å². The van der Waals surface area contributed by atoms with Crippen LogP contribution in [-0.4, -0.2) is 52.2 Å². The molecule has 1 aromatic carbocycles. The predicted octanol–water partition coefficient (Wildman–Crippen LogP) is 4.33. The van der Waals surface area contributed by atoms with Crippen LogP contribution in [0.15, 0.2) is 48.9 Å². The van der Waals surface area contributed by atoms with Gasteiger partial charge in [-0.1, -0.05) is 12.1 Å². The van der Waals surface area contributed by atoms with Gasteiger partial charge in [-0.25, -0.2) is 15.0 Å². The summed E-state index contributed by atoms with van der Waals surface area (Å²) in [5.74, 6) is 1.95. The lowest BCUT2D eigenvalue weighted by Gasteiger charge is -2.30. The van der Waals surface area contributed by atoms with Crippen LogP contribution in [0.4, 0.5) is 17.5 Å². The fraction of sp³-hybridized carbons (Fsp3) is 0.346. The smallest absolute Gasteiger partial charge is 0.225 e. The van der Waals surface area contributed by atoms with Crippen molar-refractivity contribution >= 4 is 23.1 Å². The third kappa shape index (κ3) is 3.62. The highest BCUT2D eigenvalue weighted by Crippen LogP contribution is 2.37. The largest absolute Gasteiger partial charge is 0.378 e. The first-order valence-corrected chi connectivity index (χ1v) is 11.7. The Balaban J connectivity index is 1.40. The van der Waals surface area contributed by atoms with Gasteiger partial charge in [0.2, 0.25) is 5.95 Å². The number of imidazole rings is 1. The molecule has 168 valence electrons. The fourth-order valence-electron chi connectivity index (χ4n) is 4.86. The summed E-state index contributed by atoms with van der Waals surface area (Å²) in [6.45, 7) is 8.45. The topological polar surface area (TPSA) is 58.8 Å². The molecule has 0 bridgehead atoms. The van der Waals surface area contributed by atoms with E-state index in [1.165, 1.54) is 28.3 Å². The molecule has 4 aromatic rings. The molecule has 5 heterocycles. The van der Waals surface area contributed by atoms with E-state index in [-0.39, 0.29) is 0 Å². The normalized spacial score (nSPS) is 16.3. The van der Waals surface area contributed by atoms with E-state index in [1.54, 1.807) is 0 Å². The number of hydrogen-bond acceptors (Lipinski definition) is 6. The number of rotatable bonds is 3. The first kappa shape index (κ1) is 20.2. The number of anilines is 3. The highest BCUT2D eigenvalue weighted by molar-refractivity contribution is 5.72. The minimum absolute atomic E-state index is 0.727. The first-order chi connectivity index (χ1) is 16.2. The predicted molar refractivity (Wildman–Crippen MR) is 130 cm³/mol. The van der Waals surface area contributed by atoms with Gasteiger partial charge in [0.15, 0.2) is 0 Å². The van der Waals surface area contributed by atoms with Crippen molar-refractivity contribution in [1.82, 2.24) is 19.4 Å². The molecular formula is C26H28N6O. The number of nitrogens with zero attached hydrogens (tertiary/aromatic N) is 6. The van der Waals surface area contributed by atoms with Gasteiger partial charge in [-0.15, -0.1) is 0 Å². The van der Waals surface area contributed by atoms with Gasteiger partial charge in [0.05, 0.1) is 18.9 Å². The number of aryl methyl sites for hydroxylation is 3. The van der Waals surface area contributed by atoms with Crippen LogP contribution >= 0.6 is 0 Å². The zero-order chi connectivity index (χ0) is 22.4. The Morgan fingerprint density at radius 1 is 0.909 bits per heavy atom. The second kappa shape index (κ2) is 8.15. The van der Waals surface area contributed by atoms with Crippen LogP contribution in [0.25, 0.3) is 16.8 Å². The summed E-state index contributed by atoms with van der Waals surface area (Å²) in [5, 5.41) is 0. The van der Waals surface area contributed by atoms with Gasteiger partial charge in [0.1, 0.15) is 11.5 Å². The van der Waals surface area contributed by atoms with Crippen LogP contribution < -0.4 is 9.80 Å². The highest BCUT2D eigenvalue weighted by atomic mass is 16.5. The SMILES string of the molecule is Cc1ccc(C)c(N2CCCc3nc4ccc(-c5cnc(N6CCOCC6)nc5)cn4c32)c1. The molecule has 0 saturated carbocycles. The van der Waals surface area contributed by atoms with Gasteiger partial charge in [-0.2, -0.15) is 0 Å². The summed E-state index contributed by atoms with van der Waals surface area (Å²) in [7, 11) is 0. The molecule has 0 aliphatic carbocycles. The Morgan fingerprint density at radius 2 is 1.73 bits per heavy atom. The van der Waals surface area contributed by atoms with Crippen LogP contribution in [0, 0.1) is 13.8 Å². The Labute approximate surface area is 193 Å². The summed E-state index contributed by atoms with van der Waals surface area (Å²) >= 11 is 0. The quantitative estimate of drug-likeness (QED) is 0.473. The average molecular weight is 441 g/mol. The highest BCUT2D eigenvalue weighted by Gasteiger charge is 2.25. The van der Waals surface area contributed by atoms with Gasteiger partial charge in [0, 0.05) is 55.0 Å². The van der Waals surface area contributed by atoms with E-state index in [4.69, 9.17) is 9.72 Å². The summed E-state index contributed by atoms with van der Waals surface area (Å²) < 4.78 is 7.68. The van der Waals surface area contributed by atoms with Gasteiger partial charge in [-0.05, 0) is 56.0 Å². The van der Waals surface area contributed by atoms with Gasteiger partial charge in [-0.3, -0.25) is 4.40 Å². The van der Waals surface area contributed by atoms with E-state index >= 15 is 0 Å². The molecule has 0 unspecified atom stereocenters. The molecular weight excluding hydrogens is 412 g/mol.